The van der Waals surface area contributed by atoms with Crippen molar-refractivity contribution in [2.75, 3.05) is 68.6 Å². The van der Waals surface area contributed by atoms with Crippen molar-refractivity contribution in [2.45, 2.75) is 104 Å². The standard InChI is InChI=1S/C41H59F2N5O7S/c1-7-56(50,51)54-23-12-10-8-9-11-22-53-37-28-34-30(3)45-46-38(35(34)27-36(37)47-20-24-52-25-21-47)44-29(2)31-14-13-15-33(26-31)41(42,43)32-16-18-48(19-17-32)39(49)55-40(4,5)6/h13-15,26-29,32H,7-12,16-25H2,1-6H3,(H,44,46)/t29-/m1/s1. The molecule has 2 aliphatic rings. The average Bonchev–Trinajstić information content (AvgIpc) is 3.18. The number of nitrogens with one attached hydrogen (secondary N) is 1. The van der Waals surface area contributed by atoms with Crippen molar-refractivity contribution in [3.8, 4) is 5.75 Å². The maximum atomic E-state index is 16.0. The molecule has 3 aromatic rings. The third kappa shape index (κ3) is 11.6. The number of piperidine rings is 1. The van der Waals surface area contributed by atoms with Crippen LogP contribution in [0.1, 0.15) is 102 Å². The lowest BCUT2D eigenvalue weighted by Crippen LogP contribution is -2.44. The number of rotatable bonds is 17. The number of ether oxygens (including phenoxy) is 3. The molecule has 310 valence electrons. The van der Waals surface area contributed by atoms with Crippen molar-refractivity contribution in [2.24, 2.45) is 5.92 Å². The number of morpholine rings is 1. The van der Waals surface area contributed by atoms with Gasteiger partial charge in [-0.15, -0.1) is 5.10 Å². The van der Waals surface area contributed by atoms with Crippen LogP contribution in [0.2, 0.25) is 0 Å². The summed E-state index contributed by atoms with van der Waals surface area (Å²) in [5.74, 6) is -2.71. The van der Waals surface area contributed by atoms with E-state index in [0.717, 1.165) is 53.6 Å². The number of aryl methyl sites for hydroxylation is 1. The van der Waals surface area contributed by atoms with Crippen LogP contribution < -0.4 is 15.0 Å². The summed E-state index contributed by atoms with van der Waals surface area (Å²) in [5.41, 5.74) is 1.66. The first kappa shape index (κ1) is 43.3. The molecule has 0 saturated carbocycles. The number of amides is 1. The van der Waals surface area contributed by atoms with E-state index in [1.807, 2.05) is 26.0 Å². The maximum absolute atomic E-state index is 16.0. The van der Waals surface area contributed by atoms with Crippen LogP contribution in [0.3, 0.4) is 0 Å². The van der Waals surface area contributed by atoms with E-state index in [4.69, 9.17) is 18.4 Å². The highest BCUT2D eigenvalue weighted by Gasteiger charge is 2.44. The normalized spacial score (nSPS) is 16.6. The molecule has 56 heavy (non-hydrogen) atoms. The van der Waals surface area contributed by atoms with Crippen LogP contribution in [-0.2, 0) is 29.7 Å². The Hall–Kier alpha value is -3.82. The molecule has 2 aromatic carbocycles. The zero-order chi connectivity index (χ0) is 40.5. The van der Waals surface area contributed by atoms with Gasteiger partial charge in [-0.25, -0.2) is 13.6 Å². The Kier molecular flexibility index (Phi) is 14.8. The van der Waals surface area contributed by atoms with Crippen LogP contribution in [-0.4, -0.2) is 93.6 Å². The van der Waals surface area contributed by atoms with E-state index in [9.17, 15) is 13.2 Å². The number of carbonyl (C=O) groups is 1. The maximum Gasteiger partial charge on any atom is 0.410 e. The fraction of sp³-hybridized carbons (Fsp3) is 0.634. The number of halogens is 2. The van der Waals surface area contributed by atoms with E-state index in [0.29, 0.717) is 50.7 Å². The van der Waals surface area contributed by atoms with Crippen LogP contribution in [0.5, 0.6) is 5.75 Å². The molecule has 0 bridgehead atoms. The lowest BCUT2D eigenvalue weighted by atomic mass is 9.85. The topological polar surface area (TPSA) is 132 Å². The molecule has 0 radical (unpaired) electrons. The number of anilines is 2. The SMILES string of the molecule is CCS(=O)(=O)OCCCCCCCOc1cc2c(C)nnc(N[C@H](C)c3cccc(C(F)(F)C4CCN(C(=O)OC(C)(C)C)CC4)c3)c2cc1N1CCOCC1. The molecule has 0 unspecified atom stereocenters. The summed E-state index contributed by atoms with van der Waals surface area (Å²) in [4.78, 5) is 16.3. The van der Waals surface area contributed by atoms with Gasteiger partial charge in [0.25, 0.3) is 16.0 Å². The van der Waals surface area contributed by atoms with Crippen LogP contribution in [0.4, 0.5) is 25.1 Å². The van der Waals surface area contributed by atoms with Gasteiger partial charge in [0.15, 0.2) is 5.82 Å². The third-order valence-electron chi connectivity index (χ3n) is 10.3. The zero-order valence-corrected chi connectivity index (χ0v) is 34.6. The van der Waals surface area contributed by atoms with Crippen molar-refractivity contribution < 1.29 is 40.4 Å². The monoisotopic (exact) mass is 803 g/mol. The predicted molar refractivity (Wildman–Crippen MR) is 214 cm³/mol. The quantitative estimate of drug-likeness (QED) is 0.104. The lowest BCUT2D eigenvalue weighted by molar-refractivity contribution is -0.0861. The van der Waals surface area contributed by atoms with Crippen molar-refractivity contribution in [3.63, 3.8) is 0 Å². The van der Waals surface area contributed by atoms with Gasteiger partial charge in [0.05, 0.1) is 49.6 Å². The number of fused-ring (bicyclic) bond motifs is 1. The van der Waals surface area contributed by atoms with Gasteiger partial charge in [0, 0.05) is 48.4 Å². The minimum absolute atomic E-state index is 0.0187. The average molecular weight is 804 g/mol. The van der Waals surface area contributed by atoms with Gasteiger partial charge in [0.2, 0.25) is 0 Å². The van der Waals surface area contributed by atoms with E-state index >= 15 is 8.78 Å². The van der Waals surface area contributed by atoms with Gasteiger partial charge >= 0.3 is 6.09 Å². The van der Waals surface area contributed by atoms with E-state index in [-0.39, 0.29) is 49.9 Å². The highest BCUT2D eigenvalue weighted by atomic mass is 32.2. The summed E-state index contributed by atoms with van der Waals surface area (Å²) in [5, 5.41) is 14.2. The number of unbranched alkanes of at least 4 members (excludes halogenated alkanes) is 4. The molecule has 5 rings (SSSR count). The van der Waals surface area contributed by atoms with E-state index < -0.39 is 33.7 Å². The van der Waals surface area contributed by atoms with Crippen LogP contribution in [0.25, 0.3) is 10.8 Å². The number of carbonyl (C=O) groups excluding carboxylic acids is 1. The molecule has 0 aliphatic carbocycles. The molecule has 2 saturated heterocycles. The first-order valence-corrected chi connectivity index (χ1v) is 21.5. The van der Waals surface area contributed by atoms with Gasteiger partial charge in [-0.1, -0.05) is 37.5 Å². The smallest absolute Gasteiger partial charge is 0.410 e. The van der Waals surface area contributed by atoms with Gasteiger partial charge in [-0.2, -0.15) is 13.5 Å². The largest absolute Gasteiger partial charge is 0.491 e. The number of aromatic nitrogens is 2. The predicted octanol–water partition coefficient (Wildman–Crippen LogP) is 8.38. The molecule has 3 heterocycles. The third-order valence-corrected chi connectivity index (χ3v) is 11.6. The number of nitrogens with zero attached hydrogens (tertiary/aromatic N) is 4. The van der Waals surface area contributed by atoms with Gasteiger partial charge in [-0.3, -0.25) is 4.18 Å². The summed E-state index contributed by atoms with van der Waals surface area (Å²) >= 11 is 0. The Morgan fingerprint density at radius 2 is 1.64 bits per heavy atom. The minimum atomic E-state index is -3.40. The fourth-order valence-electron chi connectivity index (χ4n) is 7.05. The summed E-state index contributed by atoms with van der Waals surface area (Å²) in [7, 11) is -3.40. The molecule has 1 amide bonds. The van der Waals surface area contributed by atoms with Crippen molar-refractivity contribution in [1.82, 2.24) is 15.1 Å². The highest BCUT2D eigenvalue weighted by molar-refractivity contribution is 7.86. The number of hydrogen-bond donors (Lipinski definition) is 1. The zero-order valence-electron chi connectivity index (χ0n) is 33.7. The number of alkyl halides is 2. The minimum Gasteiger partial charge on any atom is -0.491 e. The van der Waals surface area contributed by atoms with Gasteiger partial charge in [0.1, 0.15) is 11.4 Å². The van der Waals surface area contributed by atoms with Gasteiger partial charge < -0.3 is 29.3 Å². The van der Waals surface area contributed by atoms with Crippen LogP contribution in [0, 0.1) is 12.8 Å². The molecule has 1 N–H and O–H groups in total. The molecule has 1 aromatic heterocycles. The van der Waals surface area contributed by atoms with E-state index in [1.165, 1.54) is 11.0 Å². The van der Waals surface area contributed by atoms with Crippen LogP contribution >= 0.6 is 0 Å². The van der Waals surface area contributed by atoms with Gasteiger partial charge in [-0.05, 0) is 91.0 Å². The summed E-state index contributed by atoms with van der Waals surface area (Å²) in [6.07, 6.45) is 4.19. The summed E-state index contributed by atoms with van der Waals surface area (Å²) in [6.45, 7) is 14.5. The second kappa shape index (κ2) is 19.1. The Bertz CT molecular complexity index is 1880. The first-order valence-electron chi connectivity index (χ1n) is 19.9. The Balaban J connectivity index is 1.26. The fourth-order valence-corrected chi connectivity index (χ4v) is 7.58. The molecule has 2 aliphatic heterocycles. The molecule has 1 atom stereocenters. The summed E-state index contributed by atoms with van der Waals surface area (Å²) in [6, 6.07) is 10.3. The van der Waals surface area contributed by atoms with Crippen molar-refractivity contribution in [1.29, 1.82) is 0 Å². The van der Waals surface area contributed by atoms with Crippen molar-refractivity contribution in [3.05, 3.63) is 53.2 Å². The molecule has 2 fully saturated rings. The second-order valence-corrected chi connectivity index (χ2v) is 17.7. The van der Waals surface area contributed by atoms with Crippen LogP contribution in [0.15, 0.2) is 36.4 Å². The Morgan fingerprint density at radius 3 is 2.32 bits per heavy atom. The van der Waals surface area contributed by atoms with E-state index in [1.54, 1.807) is 39.8 Å². The molecular formula is C41H59F2N5O7S. The number of hydrogen-bond acceptors (Lipinski definition) is 11. The molecular weight excluding hydrogens is 745 g/mol. The lowest BCUT2D eigenvalue weighted by Gasteiger charge is -2.36. The Labute approximate surface area is 330 Å². The highest BCUT2D eigenvalue weighted by Crippen LogP contribution is 2.43. The molecule has 12 nitrogen and oxygen atoms in total. The first-order chi connectivity index (χ1) is 26.6. The van der Waals surface area contributed by atoms with Crippen molar-refractivity contribution >= 4 is 38.5 Å². The molecule has 0 spiro atoms. The summed E-state index contributed by atoms with van der Waals surface area (Å²) < 4.78 is 77.6. The second-order valence-electron chi connectivity index (χ2n) is 15.7. The molecule has 15 heteroatoms. The van der Waals surface area contributed by atoms with E-state index in [2.05, 4.69) is 26.5 Å². The number of benzene rings is 2. The number of likely N-dealkylation sites (tertiary alicyclic amines) is 1. The Morgan fingerprint density at radius 1 is 0.964 bits per heavy atom.